The summed E-state index contributed by atoms with van der Waals surface area (Å²) in [5.74, 6) is 0. The number of thiazole rings is 1. The molecular formula is C11H13ClN2O2S3. The molecule has 0 aliphatic heterocycles. The lowest BCUT2D eigenvalue weighted by Gasteiger charge is -2.03. The van der Waals surface area contributed by atoms with Gasteiger partial charge in [0.05, 0.1) is 5.69 Å². The summed E-state index contributed by atoms with van der Waals surface area (Å²) in [7, 11) is -3.54. The first-order valence-electron chi connectivity index (χ1n) is 5.62. The number of aromatic nitrogens is 1. The molecular weight excluding hydrogens is 324 g/mol. The second-order valence-corrected chi connectivity index (χ2v) is 8.68. The number of nitrogens with zero attached hydrogens (tertiary/aromatic N) is 1. The first kappa shape index (κ1) is 14.9. The van der Waals surface area contributed by atoms with Crippen LogP contribution in [0.25, 0.3) is 0 Å². The zero-order valence-corrected chi connectivity index (χ0v) is 13.6. The van der Waals surface area contributed by atoms with Crippen molar-refractivity contribution in [3.05, 3.63) is 32.0 Å². The molecule has 2 aromatic heterocycles. The Hall–Kier alpha value is -0.470. The van der Waals surface area contributed by atoms with Gasteiger partial charge in [-0.2, -0.15) is 0 Å². The topological polar surface area (TPSA) is 59.1 Å². The van der Waals surface area contributed by atoms with Gasteiger partial charge >= 0.3 is 0 Å². The quantitative estimate of drug-likeness (QED) is 0.912. The maximum atomic E-state index is 12.1. The molecule has 0 bridgehead atoms. The summed E-state index contributed by atoms with van der Waals surface area (Å²) < 4.78 is 27.2. The minimum Gasteiger partial charge on any atom is -0.229 e. The average Bonchev–Trinajstić information content (AvgIpc) is 2.93. The fourth-order valence-corrected chi connectivity index (χ4v) is 5.32. The van der Waals surface area contributed by atoms with Gasteiger partial charge in [-0.1, -0.05) is 29.9 Å². The van der Waals surface area contributed by atoms with Crippen molar-refractivity contribution in [2.24, 2.45) is 0 Å². The molecule has 0 saturated carbocycles. The number of sulfonamides is 1. The molecule has 0 fully saturated rings. The third kappa shape index (κ3) is 3.55. The summed E-state index contributed by atoms with van der Waals surface area (Å²) in [6.07, 6.45) is 0.959. The molecule has 0 spiro atoms. The molecule has 0 unspecified atom stereocenters. The maximum Gasteiger partial charge on any atom is 0.252 e. The molecule has 0 amide bonds. The van der Waals surface area contributed by atoms with Gasteiger partial charge in [0.15, 0.2) is 8.68 Å². The SMILES string of the molecule is CCc1ccc(CNS(=O)(=O)c2sc(Cl)nc2C)s1. The lowest BCUT2D eigenvalue weighted by Crippen LogP contribution is -2.22. The van der Waals surface area contributed by atoms with Crippen LogP contribution in [0.2, 0.25) is 4.47 Å². The highest BCUT2D eigenvalue weighted by Gasteiger charge is 2.21. The predicted molar refractivity (Wildman–Crippen MR) is 79.6 cm³/mol. The van der Waals surface area contributed by atoms with Gasteiger partial charge in [-0.25, -0.2) is 18.1 Å². The van der Waals surface area contributed by atoms with Crippen LogP contribution in [0.5, 0.6) is 0 Å². The molecule has 0 saturated heterocycles. The molecule has 104 valence electrons. The summed E-state index contributed by atoms with van der Waals surface area (Å²) in [4.78, 5) is 6.15. The molecule has 19 heavy (non-hydrogen) atoms. The lowest BCUT2D eigenvalue weighted by molar-refractivity contribution is 0.583. The van der Waals surface area contributed by atoms with Gasteiger partial charge in [0.2, 0.25) is 0 Å². The Morgan fingerprint density at radius 2 is 2.00 bits per heavy atom. The van der Waals surface area contributed by atoms with Gasteiger partial charge in [-0.15, -0.1) is 11.3 Å². The minimum absolute atomic E-state index is 0.185. The molecule has 0 aliphatic carbocycles. The van der Waals surface area contributed by atoms with Gasteiger partial charge in [-0.05, 0) is 25.5 Å². The van der Waals surface area contributed by atoms with Crippen LogP contribution in [0, 0.1) is 6.92 Å². The standard InChI is InChI=1S/C11H13ClN2O2S3/c1-3-8-4-5-9(17-8)6-13-19(15,16)10-7(2)14-11(12)18-10/h4-5,13H,3,6H2,1-2H3. The molecule has 1 N–H and O–H groups in total. The van der Waals surface area contributed by atoms with Crippen LogP contribution < -0.4 is 4.72 Å². The maximum absolute atomic E-state index is 12.1. The molecule has 2 heterocycles. The molecule has 4 nitrogen and oxygen atoms in total. The van der Waals surface area contributed by atoms with Crippen molar-refractivity contribution in [3.8, 4) is 0 Å². The Balaban J connectivity index is 2.11. The summed E-state index contributed by atoms with van der Waals surface area (Å²) in [5.41, 5.74) is 0.433. The van der Waals surface area contributed by atoms with Crippen LogP contribution in [0.1, 0.15) is 22.4 Å². The zero-order chi connectivity index (χ0) is 14.0. The summed E-state index contributed by atoms with van der Waals surface area (Å²) in [6.45, 7) is 4.00. The highest BCUT2D eigenvalue weighted by Crippen LogP contribution is 2.27. The van der Waals surface area contributed by atoms with Crippen LogP contribution in [-0.2, 0) is 23.0 Å². The van der Waals surface area contributed by atoms with Crippen molar-refractivity contribution in [1.82, 2.24) is 9.71 Å². The third-order valence-corrected chi connectivity index (χ3v) is 6.98. The predicted octanol–water partition coefficient (Wildman–Crippen LogP) is 3.21. The summed E-state index contributed by atoms with van der Waals surface area (Å²) in [5, 5.41) is 0. The molecule has 8 heteroatoms. The van der Waals surface area contributed by atoms with Crippen molar-refractivity contribution < 1.29 is 8.42 Å². The van der Waals surface area contributed by atoms with Gasteiger partial charge < -0.3 is 0 Å². The van der Waals surface area contributed by atoms with Gasteiger partial charge in [0, 0.05) is 16.3 Å². The summed E-state index contributed by atoms with van der Waals surface area (Å²) in [6, 6.07) is 3.96. The minimum atomic E-state index is -3.54. The number of aryl methyl sites for hydroxylation is 2. The molecule has 0 radical (unpaired) electrons. The van der Waals surface area contributed by atoms with Crippen LogP contribution in [0.15, 0.2) is 16.3 Å². The molecule has 0 aliphatic rings. The first-order valence-corrected chi connectivity index (χ1v) is 9.12. The van der Waals surface area contributed by atoms with Crippen molar-refractivity contribution in [1.29, 1.82) is 0 Å². The van der Waals surface area contributed by atoms with E-state index in [1.165, 1.54) is 4.88 Å². The Kier molecular flexibility index (Phi) is 4.62. The Morgan fingerprint density at radius 1 is 1.32 bits per heavy atom. The van der Waals surface area contributed by atoms with Crippen molar-refractivity contribution in [3.63, 3.8) is 0 Å². The van der Waals surface area contributed by atoms with E-state index in [-0.39, 0.29) is 8.68 Å². The van der Waals surface area contributed by atoms with Crippen LogP contribution >= 0.6 is 34.3 Å². The van der Waals surface area contributed by atoms with E-state index >= 15 is 0 Å². The summed E-state index contributed by atoms with van der Waals surface area (Å²) >= 11 is 8.31. The van der Waals surface area contributed by atoms with Crippen LogP contribution in [0.4, 0.5) is 0 Å². The van der Waals surface area contributed by atoms with E-state index in [2.05, 4.69) is 16.6 Å². The highest BCUT2D eigenvalue weighted by atomic mass is 35.5. The molecule has 0 aromatic carbocycles. The van der Waals surface area contributed by atoms with E-state index in [9.17, 15) is 8.42 Å². The van der Waals surface area contributed by atoms with E-state index in [4.69, 9.17) is 11.6 Å². The van der Waals surface area contributed by atoms with Crippen molar-refractivity contribution >= 4 is 44.3 Å². The fraction of sp³-hybridized carbons (Fsp3) is 0.364. The average molecular weight is 337 g/mol. The van der Waals surface area contributed by atoms with E-state index in [1.54, 1.807) is 18.3 Å². The van der Waals surface area contributed by atoms with Gasteiger partial charge in [0.1, 0.15) is 0 Å². The number of thiophene rings is 1. The third-order valence-electron chi connectivity index (χ3n) is 2.47. The second kappa shape index (κ2) is 5.88. The molecule has 2 aromatic rings. The monoisotopic (exact) mass is 336 g/mol. The van der Waals surface area contributed by atoms with E-state index in [1.807, 2.05) is 12.1 Å². The molecule has 2 rings (SSSR count). The second-order valence-electron chi connectivity index (χ2n) is 3.89. The van der Waals surface area contributed by atoms with Gasteiger partial charge in [-0.3, -0.25) is 0 Å². The molecule has 0 atom stereocenters. The lowest BCUT2D eigenvalue weighted by atomic mass is 10.4. The first-order chi connectivity index (χ1) is 8.92. The number of nitrogens with one attached hydrogen (secondary N) is 1. The largest absolute Gasteiger partial charge is 0.252 e. The number of hydrogen-bond donors (Lipinski definition) is 1. The zero-order valence-electron chi connectivity index (χ0n) is 10.4. The van der Waals surface area contributed by atoms with Crippen molar-refractivity contribution in [2.45, 2.75) is 31.0 Å². The van der Waals surface area contributed by atoms with Gasteiger partial charge in [0.25, 0.3) is 10.0 Å². The Labute approximate surface area is 125 Å². The van der Waals surface area contributed by atoms with E-state index in [0.717, 1.165) is 22.6 Å². The smallest absolute Gasteiger partial charge is 0.229 e. The van der Waals surface area contributed by atoms with Crippen LogP contribution in [-0.4, -0.2) is 13.4 Å². The van der Waals surface area contributed by atoms with Crippen molar-refractivity contribution in [2.75, 3.05) is 0 Å². The van der Waals surface area contributed by atoms with E-state index in [0.29, 0.717) is 12.2 Å². The Morgan fingerprint density at radius 3 is 2.53 bits per heavy atom. The normalized spacial score (nSPS) is 11.9. The fourth-order valence-electron chi connectivity index (χ4n) is 1.54. The number of hydrogen-bond acceptors (Lipinski definition) is 5. The number of halogens is 1. The van der Waals surface area contributed by atoms with Crippen LogP contribution in [0.3, 0.4) is 0 Å². The Bertz CT molecular complexity index is 676. The highest BCUT2D eigenvalue weighted by molar-refractivity contribution is 7.91. The van der Waals surface area contributed by atoms with E-state index < -0.39 is 10.0 Å². The number of rotatable bonds is 5.